The minimum Gasteiger partial charge on any atom is -0.449 e. The molecule has 5 rings (SSSR count). The molecule has 1 aromatic carbocycles. The minimum absolute atomic E-state index is 0.829. The molecule has 4 heterocycles. The number of hydrogen-bond acceptors (Lipinski definition) is 1. The molecule has 0 spiro atoms. The Labute approximate surface area is 122 Å². The maximum Gasteiger partial charge on any atom is 0.261 e. The zero-order valence-electron chi connectivity index (χ0n) is 12.1. The van der Waals surface area contributed by atoms with Gasteiger partial charge in [-0.2, -0.15) is 4.57 Å². The van der Waals surface area contributed by atoms with Crippen molar-refractivity contribution in [1.29, 1.82) is 0 Å². The summed E-state index contributed by atoms with van der Waals surface area (Å²) in [5.74, 6) is 0. The number of pyridine rings is 1. The summed E-state index contributed by atoms with van der Waals surface area (Å²) in [5.41, 5.74) is 8.33. The van der Waals surface area contributed by atoms with Crippen LogP contribution in [0.15, 0.2) is 47.0 Å². The normalized spacial score (nSPS) is 13.0. The summed E-state index contributed by atoms with van der Waals surface area (Å²) in [5, 5.41) is 1.23. The van der Waals surface area contributed by atoms with Gasteiger partial charge in [0.2, 0.25) is 6.67 Å². The Balaban J connectivity index is 2.11. The smallest absolute Gasteiger partial charge is 0.261 e. The highest BCUT2D eigenvalue weighted by Gasteiger charge is 2.27. The highest BCUT2D eigenvalue weighted by molar-refractivity contribution is 6.09. The Morgan fingerprint density at radius 2 is 1.95 bits per heavy atom. The fourth-order valence-electron chi connectivity index (χ4n) is 3.71. The predicted octanol–water partition coefficient (Wildman–Crippen LogP) is 3.78. The van der Waals surface area contributed by atoms with Crippen molar-refractivity contribution in [2.24, 2.45) is 0 Å². The van der Waals surface area contributed by atoms with Crippen LogP contribution in [0.1, 0.15) is 11.3 Å². The molecule has 0 saturated heterocycles. The quantitative estimate of drug-likeness (QED) is 0.394. The van der Waals surface area contributed by atoms with Crippen molar-refractivity contribution in [2.45, 2.75) is 20.5 Å². The monoisotopic (exact) mass is 275 g/mol. The van der Waals surface area contributed by atoms with Gasteiger partial charge in [0.15, 0.2) is 11.8 Å². The Hall–Kier alpha value is -2.55. The van der Waals surface area contributed by atoms with Gasteiger partial charge in [-0.15, -0.1) is 0 Å². The van der Waals surface area contributed by atoms with Crippen molar-refractivity contribution >= 4 is 22.1 Å². The summed E-state index contributed by atoms with van der Waals surface area (Å²) in [6.45, 7) is 5.20. The van der Waals surface area contributed by atoms with Crippen molar-refractivity contribution in [3.8, 4) is 11.3 Å². The molecule has 3 heteroatoms. The van der Waals surface area contributed by atoms with Crippen molar-refractivity contribution < 1.29 is 8.98 Å². The number of aromatic nitrogens is 2. The van der Waals surface area contributed by atoms with E-state index in [9.17, 15) is 0 Å². The molecule has 0 aliphatic carbocycles. The predicted molar refractivity (Wildman–Crippen MR) is 82.2 cm³/mol. The fourth-order valence-corrected chi connectivity index (χ4v) is 3.71. The molecule has 1 aliphatic rings. The van der Waals surface area contributed by atoms with Crippen molar-refractivity contribution in [1.82, 2.24) is 4.57 Å². The maximum absolute atomic E-state index is 6.04. The molecule has 0 unspecified atom stereocenters. The third kappa shape index (κ3) is 1.26. The van der Waals surface area contributed by atoms with Gasteiger partial charge >= 0.3 is 0 Å². The van der Waals surface area contributed by atoms with Gasteiger partial charge in [-0.05, 0) is 37.6 Å². The average molecular weight is 275 g/mol. The third-order valence-electron chi connectivity index (χ3n) is 4.56. The zero-order valence-corrected chi connectivity index (χ0v) is 12.1. The summed E-state index contributed by atoms with van der Waals surface area (Å²) < 4.78 is 10.7. The number of hydrogen-bond donors (Lipinski definition) is 0. The Morgan fingerprint density at radius 1 is 1.10 bits per heavy atom. The largest absolute Gasteiger partial charge is 0.449 e. The summed E-state index contributed by atoms with van der Waals surface area (Å²) in [4.78, 5) is 0. The second-order valence-corrected chi connectivity index (χ2v) is 5.86. The van der Waals surface area contributed by atoms with E-state index in [4.69, 9.17) is 4.42 Å². The van der Waals surface area contributed by atoms with Crippen LogP contribution in [0.5, 0.6) is 0 Å². The molecule has 0 bridgehead atoms. The first kappa shape index (κ1) is 11.1. The molecular weight excluding hydrogens is 260 g/mol. The first-order chi connectivity index (χ1) is 10.2. The van der Waals surface area contributed by atoms with Crippen LogP contribution < -0.4 is 4.57 Å². The van der Waals surface area contributed by atoms with Gasteiger partial charge < -0.3 is 4.42 Å². The van der Waals surface area contributed by atoms with E-state index in [0.29, 0.717) is 0 Å². The van der Waals surface area contributed by atoms with E-state index >= 15 is 0 Å². The number of fused-ring (bicyclic) bond motifs is 2. The molecule has 1 aliphatic heterocycles. The van der Waals surface area contributed by atoms with Crippen LogP contribution >= 0.6 is 0 Å². The molecule has 4 aromatic rings. The Bertz CT molecular complexity index is 1040. The first-order valence-electron chi connectivity index (χ1n) is 7.25. The van der Waals surface area contributed by atoms with E-state index in [-0.39, 0.29) is 0 Å². The maximum atomic E-state index is 6.04. The van der Waals surface area contributed by atoms with E-state index in [1.54, 1.807) is 0 Å². The van der Waals surface area contributed by atoms with Gasteiger partial charge in [-0.25, -0.2) is 0 Å². The second-order valence-electron chi connectivity index (χ2n) is 5.86. The SMILES string of the molecule is Cc1cc(C)n2c1-c1cccc3oc4ccc[n+](c4c13)C2. The van der Waals surface area contributed by atoms with E-state index < -0.39 is 0 Å². The van der Waals surface area contributed by atoms with Crippen LogP contribution in [-0.2, 0) is 6.67 Å². The molecule has 0 saturated carbocycles. The lowest BCUT2D eigenvalue weighted by molar-refractivity contribution is -0.675. The van der Waals surface area contributed by atoms with Crippen LogP contribution in [0.3, 0.4) is 0 Å². The van der Waals surface area contributed by atoms with Crippen LogP contribution in [0, 0.1) is 13.8 Å². The molecule has 0 atom stereocenters. The van der Waals surface area contributed by atoms with Crippen molar-refractivity contribution in [2.75, 3.05) is 0 Å². The van der Waals surface area contributed by atoms with Crippen molar-refractivity contribution in [3.63, 3.8) is 0 Å². The first-order valence-corrected chi connectivity index (χ1v) is 7.25. The molecule has 0 fully saturated rings. The lowest BCUT2D eigenvalue weighted by Gasteiger charge is -2.07. The highest BCUT2D eigenvalue weighted by atomic mass is 16.3. The summed E-state index contributed by atoms with van der Waals surface area (Å²) >= 11 is 0. The average Bonchev–Trinajstić information content (AvgIpc) is 2.91. The van der Waals surface area contributed by atoms with E-state index in [1.165, 1.54) is 33.4 Å². The van der Waals surface area contributed by atoms with Crippen molar-refractivity contribution in [3.05, 3.63) is 53.9 Å². The lowest BCUT2D eigenvalue weighted by Crippen LogP contribution is -2.37. The van der Waals surface area contributed by atoms with E-state index in [2.05, 4.69) is 65.6 Å². The number of nitrogens with zero attached hydrogens (tertiary/aromatic N) is 2. The fraction of sp³-hybridized carbons (Fsp3) is 0.167. The van der Waals surface area contributed by atoms with E-state index in [1.807, 2.05) is 0 Å². The second kappa shape index (κ2) is 3.55. The number of aryl methyl sites for hydroxylation is 2. The van der Waals surface area contributed by atoms with Gasteiger partial charge in [0.25, 0.3) is 5.52 Å². The van der Waals surface area contributed by atoms with Gasteiger partial charge in [-0.3, -0.25) is 4.57 Å². The summed E-state index contributed by atoms with van der Waals surface area (Å²) in [7, 11) is 0. The molecular formula is C18H15N2O+. The van der Waals surface area contributed by atoms with Gasteiger partial charge in [0, 0.05) is 17.3 Å². The molecule has 0 radical (unpaired) electrons. The Kier molecular flexibility index (Phi) is 1.89. The molecule has 102 valence electrons. The summed E-state index contributed by atoms with van der Waals surface area (Å²) in [6.07, 6.45) is 2.14. The van der Waals surface area contributed by atoms with Crippen LogP contribution in [0.2, 0.25) is 0 Å². The molecule has 0 N–H and O–H groups in total. The standard InChI is InChI=1S/C18H15N2O/c1-11-9-12(2)20-10-19-8-4-7-15-18(19)16-13(17(11)20)5-3-6-14(16)21-15/h3-9H,10H2,1-2H3/q+1. The summed E-state index contributed by atoms with van der Waals surface area (Å²) in [6, 6.07) is 12.7. The van der Waals surface area contributed by atoms with Gasteiger partial charge in [0.05, 0.1) is 5.69 Å². The topological polar surface area (TPSA) is 21.9 Å². The van der Waals surface area contributed by atoms with Crippen LogP contribution in [0.25, 0.3) is 33.3 Å². The number of benzene rings is 1. The van der Waals surface area contributed by atoms with Crippen LogP contribution in [-0.4, -0.2) is 4.57 Å². The highest BCUT2D eigenvalue weighted by Crippen LogP contribution is 2.38. The zero-order chi connectivity index (χ0) is 14.1. The minimum atomic E-state index is 0.829. The lowest BCUT2D eigenvalue weighted by atomic mass is 10.0. The molecule has 3 aromatic heterocycles. The van der Waals surface area contributed by atoms with E-state index in [0.717, 1.165) is 17.8 Å². The number of furan rings is 1. The van der Waals surface area contributed by atoms with Gasteiger partial charge in [-0.1, -0.05) is 12.1 Å². The molecule has 0 amide bonds. The van der Waals surface area contributed by atoms with Crippen LogP contribution in [0.4, 0.5) is 0 Å². The molecule has 3 nitrogen and oxygen atoms in total. The third-order valence-corrected chi connectivity index (χ3v) is 4.56. The molecule has 21 heavy (non-hydrogen) atoms. The van der Waals surface area contributed by atoms with Gasteiger partial charge in [0.1, 0.15) is 11.0 Å². The number of rotatable bonds is 0. The Morgan fingerprint density at radius 3 is 2.86 bits per heavy atom.